The van der Waals surface area contributed by atoms with Crippen molar-refractivity contribution in [2.24, 2.45) is 0 Å². The fraction of sp³-hybridized carbons (Fsp3) is 0.286. The minimum absolute atomic E-state index is 0.0222. The highest BCUT2D eigenvalue weighted by molar-refractivity contribution is 5.99. The fourth-order valence-electron chi connectivity index (χ4n) is 6.72. The van der Waals surface area contributed by atoms with Crippen LogP contribution in [-0.2, 0) is 25.7 Å². The maximum atomic E-state index is 13.9. The highest BCUT2D eigenvalue weighted by atomic mass is 16.5. The molecule has 3 heterocycles. The molecule has 1 N–H and O–H groups in total. The number of hydrogen-bond acceptors (Lipinski definition) is 5. The van der Waals surface area contributed by atoms with Crippen LogP contribution in [0.2, 0.25) is 0 Å². The van der Waals surface area contributed by atoms with E-state index in [1.54, 1.807) is 9.80 Å². The van der Waals surface area contributed by atoms with E-state index in [-0.39, 0.29) is 30.4 Å². The molecule has 0 spiro atoms. The second kappa shape index (κ2) is 11.6. The van der Waals surface area contributed by atoms with Gasteiger partial charge in [-0.05, 0) is 40.1 Å². The third kappa shape index (κ3) is 5.40. The molecular weight excluding hydrogens is 540 g/mol. The predicted molar refractivity (Wildman–Crippen MR) is 164 cm³/mol. The van der Waals surface area contributed by atoms with Crippen molar-refractivity contribution in [2.75, 3.05) is 31.5 Å². The Morgan fingerprint density at radius 2 is 1.47 bits per heavy atom. The van der Waals surface area contributed by atoms with Gasteiger partial charge in [0.1, 0.15) is 18.1 Å². The predicted octanol–water partition coefficient (Wildman–Crippen LogP) is 4.23. The second-order valence-corrected chi connectivity index (χ2v) is 11.6. The molecule has 4 atom stereocenters. The van der Waals surface area contributed by atoms with Crippen molar-refractivity contribution in [3.05, 3.63) is 114 Å². The number of nitrogens with zero attached hydrogens (tertiary/aromatic N) is 3. The molecule has 0 radical (unpaired) electrons. The van der Waals surface area contributed by atoms with E-state index in [4.69, 9.17) is 4.74 Å². The second-order valence-electron chi connectivity index (χ2n) is 11.6. The van der Waals surface area contributed by atoms with Crippen LogP contribution in [0.3, 0.4) is 0 Å². The monoisotopic (exact) mass is 574 g/mol. The first kappa shape index (κ1) is 27.3. The molecular formula is C35H34N4O4. The number of para-hydroxylation sites is 1. The summed E-state index contributed by atoms with van der Waals surface area (Å²) in [4.78, 5) is 47.0. The first-order valence-electron chi connectivity index (χ1n) is 14.9. The Balaban J connectivity index is 1.12. The van der Waals surface area contributed by atoms with E-state index >= 15 is 0 Å². The molecule has 3 aliphatic rings. The smallest absolute Gasteiger partial charge is 0.247 e. The standard InChI is InChI=1S/C35H34N4O4/c40-33(36-28-13-5-2-6-14-28)32(27-16-15-25-11-7-8-12-26(25)19-27)37-17-18-38-31(22-37)35(42)39-21-29(20-30(39)34(38)41)43-23-24-9-3-1-4-10-24/h1-16,19,29-32H,17-18,20-23H2,(H,36,40)/t29-,30?,31?,32?/m1/s1. The summed E-state index contributed by atoms with van der Waals surface area (Å²) < 4.78 is 6.14. The zero-order valence-electron chi connectivity index (χ0n) is 23.8. The van der Waals surface area contributed by atoms with Gasteiger partial charge in [0, 0.05) is 38.3 Å². The van der Waals surface area contributed by atoms with Crippen molar-refractivity contribution in [1.82, 2.24) is 14.7 Å². The van der Waals surface area contributed by atoms with E-state index in [1.807, 2.05) is 97.1 Å². The molecule has 0 saturated carbocycles. The van der Waals surface area contributed by atoms with Crippen molar-refractivity contribution < 1.29 is 19.1 Å². The van der Waals surface area contributed by atoms with Crippen LogP contribution in [0.1, 0.15) is 23.6 Å². The van der Waals surface area contributed by atoms with Gasteiger partial charge in [0.25, 0.3) is 0 Å². The van der Waals surface area contributed by atoms with Crippen molar-refractivity contribution in [1.29, 1.82) is 0 Å². The van der Waals surface area contributed by atoms with Gasteiger partial charge in [0.2, 0.25) is 17.7 Å². The Morgan fingerprint density at radius 3 is 2.26 bits per heavy atom. The van der Waals surface area contributed by atoms with E-state index in [0.29, 0.717) is 38.3 Å². The number of amides is 3. The Bertz CT molecular complexity index is 1650. The SMILES string of the molecule is O=C(Nc1ccccc1)C(c1ccc2ccccc2c1)N1CCN2C(=O)C3C[C@@H](OCc4ccccc4)CN3C(=O)C2C1. The van der Waals surface area contributed by atoms with Gasteiger partial charge >= 0.3 is 0 Å². The molecule has 4 aromatic rings. The van der Waals surface area contributed by atoms with Crippen molar-refractivity contribution in [2.45, 2.75) is 37.3 Å². The zero-order valence-corrected chi connectivity index (χ0v) is 23.8. The normalized spacial score (nSPS) is 22.7. The zero-order chi connectivity index (χ0) is 29.3. The molecule has 3 fully saturated rings. The summed E-state index contributed by atoms with van der Waals surface area (Å²) in [6.45, 7) is 1.99. The minimum Gasteiger partial charge on any atom is -0.372 e. The number of ether oxygens (including phenoxy) is 1. The summed E-state index contributed by atoms with van der Waals surface area (Å²) in [5.41, 5.74) is 2.62. The number of rotatable bonds is 7. The molecule has 3 saturated heterocycles. The Hall–Kier alpha value is -4.53. The van der Waals surface area contributed by atoms with Crippen LogP contribution in [0, 0.1) is 0 Å². The first-order chi connectivity index (χ1) is 21.0. The van der Waals surface area contributed by atoms with Gasteiger partial charge in [-0.1, -0.05) is 84.9 Å². The number of nitrogens with one attached hydrogen (secondary N) is 1. The molecule has 8 heteroatoms. The Morgan fingerprint density at radius 1 is 0.767 bits per heavy atom. The summed E-state index contributed by atoms with van der Waals surface area (Å²) in [5, 5.41) is 5.21. The van der Waals surface area contributed by atoms with Gasteiger partial charge in [-0.15, -0.1) is 0 Å². The molecule has 3 aliphatic heterocycles. The topological polar surface area (TPSA) is 82.2 Å². The quantitative estimate of drug-likeness (QED) is 0.357. The molecule has 3 amide bonds. The van der Waals surface area contributed by atoms with E-state index in [0.717, 1.165) is 21.9 Å². The molecule has 43 heavy (non-hydrogen) atoms. The highest BCUT2D eigenvalue weighted by Gasteiger charge is 2.53. The fourth-order valence-corrected chi connectivity index (χ4v) is 6.72. The molecule has 0 aromatic heterocycles. The number of fused-ring (bicyclic) bond motifs is 3. The van der Waals surface area contributed by atoms with E-state index in [2.05, 4.69) is 16.3 Å². The molecule has 7 rings (SSSR count). The molecule has 0 bridgehead atoms. The first-order valence-corrected chi connectivity index (χ1v) is 14.9. The van der Waals surface area contributed by atoms with Crippen LogP contribution in [-0.4, -0.2) is 76.8 Å². The number of benzene rings is 4. The average molecular weight is 575 g/mol. The van der Waals surface area contributed by atoms with E-state index in [1.165, 1.54) is 0 Å². The van der Waals surface area contributed by atoms with E-state index < -0.39 is 18.1 Å². The number of carbonyl (C=O) groups is 3. The summed E-state index contributed by atoms with van der Waals surface area (Å²) in [5.74, 6) is -0.259. The number of carbonyl (C=O) groups excluding carboxylic acids is 3. The van der Waals surface area contributed by atoms with Crippen LogP contribution in [0.15, 0.2) is 103 Å². The van der Waals surface area contributed by atoms with Gasteiger partial charge in [0.05, 0.1) is 12.7 Å². The number of piperazine rings is 2. The lowest BCUT2D eigenvalue weighted by atomic mass is 9.96. The molecule has 218 valence electrons. The summed E-state index contributed by atoms with van der Waals surface area (Å²) in [7, 11) is 0. The summed E-state index contributed by atoms with van der Waals surface area (Å²) in [6.07, 6.45) is 0.307. The van der Waals surface area contributed by atoms with Crippen molar-refractivity contribution in [3.8, 4) is 0 Å². The molecule has 3 unspecified atom stereocenters. The molecule has 4 aromatic carbocycles. The summed E-state index contributed by atoms with van der Waals surface area (Å²) >= 11 is 0. The van der Waals surface area contributed by atoms with Crippen LogP contribution in [0.25, 0.3) is 10.8 Å². The molecule has 8 nitrogen and oxygen atoms in total. The third-order valence-corrected chi connectivity index (χ3v) is 8.88. The van der Waals surface area contributed by atoms with Crippen LogP contribution < -0.4 is 5.32 Å². The van der Waals surface area contributed by atoms with Crippen molar-refractivity contribution >= 4 is 34.2 Å². The molecule has 0 aliphatic carbocycles. The van der Waals surface area contributed by atoms with Gasteiger partial charge in [0.15, 0.2) is 0 Å². The van der Waals surface area contributed by atoms with Crippen LogP contribution >= 0.6 is 0 Å². The summed E-state index contributed by atoms with van der Waals surface area (Å²) in [6, 6.07) is 31.7. The van der Waals surface area contributed by atoms with E-state index in [9.17, 15) is 14.4 Å². The lowest BCUT2D eigenvalue weighted by Crippen LogP contribution is -2.69. The maximum absolute atomic E-state index is 13.9. The average Bonchev–Trinajstić information content (AvgIpc) is 3.49. The van der Waals surface area contributed by atoms with Gasteiger partial charge in [-0.2, -0.15) is 0 Å². The van der Waals surface area contributed by atoms with Crippen LogP contribution in [0.4, 0.5) is 5.69 Å². The Kier molecular flexibility index (Phi) is 7.39. The van der Waals surface area contributed by atoms with Crippen LogP contribution in [0.5, 0.6) is 0 Å². The lowest BCUT2D eigenvalue weighted by Gasteiger charge is -2.48. The Labute approximate surface area is 250 Å². The lowest BCUT2D eigenvalue weighted by molar-refractivity contribution is -0.164. The largest absolute Gasteiger partial charge is 0.372 e. The maximum Gasteiger partial charge on any atom is 0.247 e. The van der Waals surface area contributed by atoms with Gasteiger partial charge < -0.3 is 19.9 Å². The minimum atomic E-state index is -0.641. The third-order valence-electron chi connectivity index (χ3n) is 8.88. The van der Waals surface area contributed by atoms with Crippen molar-refractivity contribution in [3.63, 3.8) is 0 Å². The number of hydrogen-bond donors (Lipinski definition) is 1. The van der Waals surface area contributed by atoms with Gasteiger partial charge in [-0.25, -0.2) is 0 Å². The highest BCUT2D eigenvalue weighted by Crippen LogP contribution is 2.34. The number of anilines is 1. The van der Waals surface area contributed by atoms with Gasteiger partial charge in [-0.3, -0.25) is 19.3 Å².